The van der Waals surface area contributed by atoms with Crippen molar-refractivity contribution in [3.05, 3.63) is 170 Å². The van der Waals surface area contributed by atoms with Crippen LogP contribution in [0.5, 0.6) is 0 Å². The van der Waals surface area contributed by atoms with Gasteiger partial charge in [0.25, 0.3) is 0 Å². The van der Waals surface area contributed by atoms with E-state index in [1.807, 2.05) is 60.7 Å². The van der Waals surface area contributed by atoms with Gasteiger partial charge >= 0.3 is 0 Å². The minimum atomic E-state index is 0.566. The lowest BCUT2D eigenvalue weighted by Crippen LogP contribution is -2.11. The molecular formula is C43H28N2O2. The first-order chi connectivity index (χ1) is 23.3. The van der Waals surface area contributed by atoms with Gasteiger partial charge in [-0.25, -0.2) is 4.98 Å². The highest BCUT2D eigenvalue weighted by Gasteiger charge is 2.26. The van der Waals surface area contributed by atoms with Gasteiger partial charge in [0.1, 0.15) is 16.8 Å². The average molecular weight is 605 g/mol. The highest BCUT2D eigenvalue weighted by atomic mass is 16.4. The van der Waals surface area contributed by atoms with Gasteiger partial charge in [-0.3, -0.25) is 0 Å². The number of hydrogen-bond donors (Lipinski definition) is 0. The second kappa shape index (κ2) is 11.2. The number of fused-ring (bicyclic) bond motifs is 4. The van der Waals surface area contributed by atoms with Crippen molar-refractivity contribution >= 4 is 50.1 Å². The zero-order valence-electron chi connectivity index (χ0n) is 25.4. The molecule has 0 saturated carbocycles. The molecule has 222 valence electrons. The number of hydrogen-bond acceptors (Lipinski definition) is 4. The highest BCUT2D eigenvalue weighted by Crippen LogP contribution is 2.48. The molecule has 0 aliphatic rings. The summed E-state index contributed by atoms with van der Waals surface area (Å²) in [5.41, 5.74) is 11.2. The quantitative estimate of drug-likeness (QED) is 0.189. The normalized spacial score (nSPS) is 11.4. The fraction of sp³-hybridized carbons (Fsp3) is 0. The monoisotopic (exact) mass is 604 g/mol. The Morgan fingerprint density at radius 1 is 0.404 bits per heavy atom. The molecule has 0 aliphatic carbocycles. The summed E-state index contributed by atoms with van der Waals surface area (Å²) in [5, 5.41) is 2.02. The third kappa shape index (κ3) is 4.75. The number of benzene rings is 7. The molecule has 0 spiro atoms. The lowest BCUT2D eigenvalue weighted by molar-refractivity contribution is 0.618. The molecule has 4 nitrogen and oxygen atoms in total. The summed E-state index contributed by atoms with van der Waals surface area (Å²) in [7, 11) is 0. The summed E-state index contributed by atoms with van der Waals surface area (Å²) < 4.78 is 13.4. The van der Waals surface area contributed by atoms with Gasteiger partial charge in [-0.05, 0) is 70.8 Å². The van der Waals surface area contributed by atoms with Crippen molar-refractivity contribution < 1.29 is 8.83 Å². The van der Waals surface area contributed by atoms with Gasteiger partial charge in [0.05, 0.1) is 0 Å². The Morgan fingerprint density at radius 3 is 1.72 bits per heavy atom. The van der Waals surface area contributed by atoms with Crippen molar-refractivity contribution in [2.24, 2.45) is 0 Å². The van der Waals surface area contributed by atoms with E-state index in [-0.39, 0.29) is 0 Å². The van der Waals surface area contributed by atoms with Crippen LogP contribution in [0.2, 0.25) is 0 Å². The molecule has 0 atom stereocenters. The van der Waals surface area contributed by atoms with Crippen LogP contribution in [-0.4, -0.2) is 4.98 Å². The van der Waals surface area contributed by atoms with Crippen LogP contribution in [0.15, 0.2) is 179 Å². The largest absolute Gasteiger partial charge is 0.454 e. The standard InChI is InChI=1S/C43H28N2O2/c1-4-13-29(14-5-1)31-23-25-34(26-24-31)45(35-20-12-19-33(27-35)30-15-6-2-7-16-30)40-41-37(36-21-10-11-22-39(36)46-41)28-38-42(40)47-43(44-38)32-17-8-3-9-18-32/h1-28H. The summed E-state index contributed by atoms with van der Waals surface area (Å²) in [5.74, 6) is 0.566. The van der Waals surface area contributed by atoms with Crippen LogP contribution in [0.4, 0.5) is 17.1 Å². The van der Waals surface area contributed by atoms with E-state index in [4.69, 9.17) is 13.8 Å². The topological polar surface area (TPSA) is 42.4 Å². The minimum Gasteiger partial charge on any atom is -0.454 e. The van der Waals surface area contributed by atoms with Gasteiger partial charge in [0, 0.05) is 27.7 Å². The highest BCUT2D eigenvalue weighted by molar-refractivity contribution is 6.17. The summed E-state index contributed by atoms with van der Waals surface area (Å²) in [6, 6.07) is 58.5. The van der Waals surface area contributed by atoms with E-state index >= 15 is 0 Å². The van der Waals surface area contributed by atoms with Gasteiger partial charge in [0.15, 0.2) is 11.2 Å². The van der Waals surface area contributed by atoms with Crippen LogP contribution in [-0.2, 0) is 0 Å². The average Bonchev–Trinajstić information content (AvgIpc) is 3.75. The Hall–Kier alpha value is -6.39. The summed E-state index contributed by atoms with van der Waals surface area (Å²) >= 11 is 0. The van der Waals surface area contributed by atoms with Crippen molar-refractivity contribution in [3.63, 3.8) is 0 Å². The molecule has 4 heteroatoms. The third-order valence-electron chi connectivity index (χ3n) is 8.69. The molecular weight excluding hydrogens is 576 g/mol. The number of anilines is 3. The van der Waals surface area contributed by atoms with Crippen LogP contribution in [0.1, 0.15) is 0 Å². The molecule has 0 unspecified atom stereocenters. The van der Waals surface area contributed by atoms with Crippen molar-refractivity contribution in [2.45, 2.75) is 0 Å². The van der Waals surface area contributed by atoms with Gasteiger partial charge in [-0.1, -0.05) is 121 Å². The number of oxazole rings is 1. The number of para-hydroxylation sites is 1. The number of nitrogens with zero attached hydrogens (tertiary/aromatic N) is 2. The van der Waals surface area contributed by atoms with E-state index in [0.717, 1.165) is 66.8 Å². The van der Waals surface area contributed by atoms with Crippen molar-refractivity contribution in [3.8, 4) is 33.7 Å². The van der Waals surface area contributed by atoms with Gasteiger partial charge in [0.2, 0.25) is 5.89 Å². The van der Waals surface area contributed by atoms with Gasteiger partial charge in [-0.15, -0.1) is 0 Å². The maximum Gasteiger partial charge on any atom is 0.227 e. The van der Waals surface area contributed by atoms with Crippen molar-refractivity contribution in [1.29, 1.82) is 0 Å². The number of rotatable bonds is 6. The molecule has 47 heavy (non-hydrogen) atoms. The zero-order chi connectivity index (χ0) is 31.2. The van der Waals surface area contributed by atoms with Gasteiger partial charge < -0.3 is 13.7 Å². The van der Waals surface area contributed by atoms with Gasteiger partial charge in [-0.2, -0.15) is 0 Å². The molecule has 0 amide bonds. The Kier molecular flexibility index (Phi) is 6.43. The first kappa shape index (κ1) is 27.0. The van der Waals surface area contributed by atoms with E-state index in [0.29, 0.717) is 11.5 Å². The molecule has 9 aromatic rings. The van der Waals surface area contributed by atoms with Crippen LogP contribution in [0.25, 0.3) is 66.7 Å². The smallest absolute Gasteiger partial charge is 0.227 e. The van der Waals surface area contributed by atoms with E-state index in [1.54, 1.807) is 0 Å². The van der Waals surface area contributed by atoms with Crippen LogP contribution in [0, 0.1) is 0 Å². The molecule has 7 aromatic carbocycles. The molecule has 0 aliphatic heterocycles. The Bertz CT molecular complexity index is 2500. The molecule has 0 fully saturated rings. The second-order valence-corrected chi connectivity index (χ2v) is 11.6. The number of aromatic nitrogens is 1. The first-order valence-corrected chi connectivity index (χ1v) is 15.7. The molecule has 0 bridgehead atoms. The molecule has 2 aromatic heterocycles. The SMILES string of the molecule is c1ccc(-c2ccc(N(c3cccc(-c4ccccc4)c3)c3c4oc(-c5ccccc5)nc4cc4c3oc3ccccc34)cc2)cc1. The lowest BCUT2D eigenvalue weighted by Gasteiger charge is -2.26. The van der Waals surface area contributed by atoms with Crippen LogP contribution < -0.4 is 4.90 Å². The summed E-state index contributed by atoms with van der Waals surface area (Å²) in [6.07, 6.45) is 0. The van der Waals surface area contributed by atoms with Crippen LogP contribution in [0.3, 0.4) is 0 Å². The summed E-state index contributed by atoms with van der Waals surface area (Å²) in [4.78, 5) is 7.28. The van der Waals surface area contributed by atoms with E-state index < -0.39 is 0 Å². The minimum absolute atomic E-state index is 0.566. The molecule has 9 rings (SSSR count). The van der Waals surface area contributed by atoms with E-state index in [1.165, 1.54) is 5.56 Å². The molecule has 0 saturated heterocycles. The molecule has 0 radical (unpaired) electrons. The van der Waals surface area contributed by atoms with E-state index in [9.17, 15) is 0 Å². The van der Waals surface area contributed by atoms with Crippen molar-refractivity contribution in [2.75, 3.05) is 4.90 Å². The zero-order valence-corrected chi connectivity index (χ0v) is 25.4. The van der Waals surface area contributed by atoms with Crippen LogP contribution >= 0.6 is 0 Å². The lowest BCUT2D eigenvalue weighted by atomic mass is 10.0. The number of furan rings is 1. The fourth-order valence-electron chi connectivity index (χ4n) is 6.43. The second-order valence-electron chi connectivity index (χ2n) is 11.6. The predicted molar refractivity (Wildman–Crippen MR) is 192 cm³/mol. The Balaban J connectivity index is 1.34. The Morgan fingerprint density at radius 2 is 1.00 bits per heavy atom. The Labute approximate surface area is 271 Å². The summed E-state index contributed by atoms with van der Waals surface area (Å²) in [6.45, 7) is 0. The molecule has 0 N–H and O–H groups in total. The maximum absolute atomic E-state index is 6.71. The molecule has 2 heterocycles. The first-order valence-electron chi connectivity index (χ1n) is 15.7. The van der Waals surface area contributed by atoms with E-state index in [2.05, 4.69) is 114 Å². The fourth-order valence-corrected chi connectivity index (χ4v) is 6.43. The third-order valence-corrected chi connectivity index (χ3v) is 8.69. The maximum atomic E-state index is 6.71. The van der Waals surface area contributed by atoms with Crippen molar-refractivity contribution in [1.82, 2.24) is 4.98 Å². The predicted octanol–water partition coefficient (Wildman–Crippen LogP) is 12.2.